The Morgan fingerprint density at radius 2 is 1.71 bits per heavy atom. The van der Waals surface area contributed by atoms with Gasteiger partial charge in [-0.15, -0.1) is 0 Å². The fourth-order valence-electron chi connectivity index (χ4n) is 1.62. The summed E-state index contributed by atoms with van der Waals surface area (Å²) < 4.78 is 0. The van der Waals surface area contributed by atoms with E-state index in [1.54, 1.807) is 12.1 Å². The second kappa shape index (κ2) is 4.98. The van der Waals surface area contributed by atoms with Gasteiger partial charge in [0.2, 0.25) is 0 Å². The molecule has 0 aliphatic carbocycles. The number of hydrogen-bond donors (Lipinski definition) is 3. The van der Waals surface area contributed by atoms with Crippen molar-refractivity contribution < 1.29 is 15.3 Å². The maximum atomic E-state index is 9.48. The van der Waals surface area contributed by atoms with E-state index in [4.69, 9.17) is 10.2 Å². The van der Waals surface area contributed by atoms with Crippen molar-refractivity contribution in [1.29, 1.82) is 0 Å². The molecule has 3 N–H and O–H groups in total. The van der Waals surface area contributed by atoms with Crippen molar-refractivity contribution in [3.05, 3.63) is 28.8 Å². The maximum absolute atomic E-state index is 9.48. The van der Waals surface area contributed by atoms with Gasteiger partial charge in [-0.25, -0.2) is 0 Å². The number of phenolic OH excluding ortho intramolecular Hbond substituents is 1. The van der Waals surface area contributed by atoms with E-state index in [9.17, 15) is 5.11 Å². The van der Waals surface area contributed by atoms with Crippen LogP contribution in [-0.2, 0) is 12.8 Å². The van der Waals surface area contributed by atoms with Crippen molar-refractivity contribution in [2.45, 2.75) is 19.8 Å². The minimum atomic E-state index is 0.0583. The summed E-state index contributed by atoms with van der Waals surface area (Å²) >= 11 is 0. The number of rotatable bonds is 4. The molecule has 1 aromatic carbocycles. The van der Waals surface area contributed by atoms with Crippen molar-refractivity contribution in [2.24, 2.45) is 0 Å². The highest BCUT2D eigenvalue weighted by Crippen LogP contribution is 2.24. The molecule has 0 radical (unpaired) electrons. The lowest BCUT2D eigenvalue weighted by atomic mass is 9.96. The minimum Gasteiger partial charge on any atom is -0.508 e. The maximum Gasteiger partial charge on any atom is 0.118 e. The van der Waals surface area contributed by atoms with Gasteiger partial charge in [-0.2, -0.15) is 0 Å². The van der Waals surface area contributed by atoms with E-state index < -0.39 is 0 Å². The molecule has 0 bridgehead atoms. The van der Waals surface area contributed by atoms with Crippen molar-refractivity contribution in [3.63, 3.8) is 0 Å². The van der Waals surface area contributed by atoms with Gasteiger partial charge in [0.15, 0.2) is 0 Å². The van der Waals surface area contributed by atoms with E-state index in [-0.39, 0.29) is 19.0 Å². The van der Waals surface area contributed by atoms with E-state index in [1.165, 1.54) is 0 Å². The molecule has 14 heavy (non-hydrogen) atoms. The van der Waals surface area contributed by atoms with Gasteiger partial charge in [-0.3, -0.25) is 0 Å². The third-order valence-corrected chi connectivity index (χ3v) is 2.41. The Morgan fingerprint density at radius 1 is 1.07 bits per heavy atom. The molecule has 0 fully saturated rings. The van der Waals surface area contributed by atoms with Gasteiger partial charge in [0.25, 0.3) is 0 Å². The average Bonchev–Trinajstić information content (AvgIpc) is 2.18. The summed E-state index contributed by atoms with van der Waals surface area (Å²) in [6.07, 6.45) is 1.09. The summed E-state index contributed by atoms with van der Waals surface area (Å²) in [5.74, 6) is 0.245. The predicted octanol–water partition coefficient (Wildman–Crippen LogP) is 0.770. The molecule has 0 unspecified atom stereocenters. The zero-order valence-electron chi connectivity index (χ0n) is 8.32. The van der Waals surface area contributed by atoms with Crippen LogP contribution in [0.2, 0.25) is 0 Å². The number of aliphatic hydroxyl groups excluding tert-OH is 2. The van der Waals surface area contributed by atoms with E-state index in [1.807, 2.05) is 6.92 Å². The first-order valence-corrected chi connectivity index (χ1v) is 4.72. The Labute approximate surface area is 83.6 Å². The second-order valence-electron chi connectivity index (χ2n) is 3.29. The summed E-state index contributed by atoms with van der Waals surface area (Å²) in [7, 11) is 0. The van der Waals surface area contributed by atoms with Crippen LogP contribution in [0.25, 0.3) is 0 Å². The van der Waals surface area contributed by atoms with Crippen LogP contribution in [0, 0.1) is 6.92 Å². The first-order valence-electron chi connectivity index (χ1n) is 4.72. The zero-order valence-corrected chi connectivity index (χ0v) is 8.32. The van der Waals surface area contributed by atoms with Crippen LogP contribution < -0.4 is 0 Å². The predicted molar refractivity (Wildman–Crippen MR) is 54.4 cm³/mol. The number of hydrogen-bond acceptors (Lipinski definition) is 3. The topological polar surface area (TPSA) is 60.7 Å². The summed E-state index contributed by atoms with van der Waals surface area (Å²) in [6.45, 7) is 1.96. The number of phenols is 1. The van der Waals surface area contributed by atoms with Gasteiger partial charge in [0, 0.05) is 13.2 Å². The summed E-state index contributed by atoms with van der Waals surface area (Å²) in [4.78, 5) is 0. The van der Waals surface area contributed by atoms with Gasteiger partial charge >= 0.3 is 0 Å². The van der Waals surface area contributed by atoms with Crippen LogP contribution in [0.1, 0.15) is 16.7 Å². The Kier molecular flexibility index (Phi) is 3.92. The molecule has 0 aliphatic heterocycles. The van der Waals surface area contributed by atoms with Crippen molar-refractivity contribution >= 4 is 0 Å². The van der Waals surface area contributed by atoms with Crippen LogP contribution >= 0.6 is 0 Å². The first kappa shape index (κ1) is 11.0. The largest absolute Gasteiger partial charge is 0.508 e. The molecule has 0 aromatic heterocycles. The van der Waals surface area contributed by atoms with E-state index in [0.717, 1.165) is 16.7 Å². The monoisotopic (exact) mass is 196 g/mol. The standard InChI is InChI=1S/C11H16O3/c1-8-10(5-7-13)9(4-6-12)2-3-11(8)14/h2-3,12-14H,4-7H2,1H3. The zero-order chi connectivity index (χ0) is 10.6. The highest BCUT2D eigenvalue weighted by Gasteiger charge is 2.08. The van der Waals surface area contributed by atoms with Gasteiger partial charge in [-0.1, -0.05) is 6.07 Å². The Bertz CT molecular complexity index is 308. The van der Waals surface area contributed by atoms with Crippen LogP contribution in [-0.4, -0.2) is 28.5 Å². The quantitative estimate of drug-likeness (QED) is 0.666. The van der Waals surface area contributed by atoms with Gasteiger partial charge in [0.05, 0.1) is 0 Å². The Hall–Kier alpha value is -1.06. The SMILES string of the molecule is Cc1c(O)ccc(CCO)c1CCO. The molecular weight excluding hydrogens is 180 g/mol. The van der Waals surface area contributed by atoms with Crippen molar-refractivity contribution in [1.82, 2.24) is 0 Å². The van der Waals surface area contributed by atoms with E-state index in [0.29, 0.717) is 12.8 Å². The molecule has 3 nitrogen and oxygen atoms in total. The number of aromatic hydroxyl groups is 1. The molecule has 0 saturated carbocycles. The third kappa shape index (κ3) is 2.25. The molecule has 0 atom stereocenters. The molecule has 3 heteroatoms. The molecule has 1 aromatic rings. The van der Waals surface area contributed by atoms with Crippen LogP contribution in [0.3, 0.4) is 0 Å². The average molecular weight is 196 g/mol. The Morgan fingerprint density at radius 3 is 2.29 bits per heavy atom. The van der Waals surface area contributed by atoms with Gasteiger partial charge in [0.1, 0.15) is 5.75 Å². The smallest absolute Gasteiger partial charge is 0.118 e. The lowest BCUT2D eigenvalue weighted by Crippen LogP contribution is -2.02. The highest BCUT2D eigenvalue weighted by atomic mass is 16.3. The molecule has 0 spiro atoms. The van der Waals surface area contributed by atoms with E-state index in [2.05, 4.69) is 0 Å². The summed E-state index contributed by atoms with van der Waals surface area (Å²) in [5, 5.41) is 27.2. The van der Waals surface area contributed by atoms with Crippen molar-refractivity contribution in [3.8, 4) is 5.75 Å². The third-order valence-electron chi connectivity index (χ3n) is 2.41. The van der Waals surface area contributed by atoms with Gasteiger partial charge < -0.3 is 15.3 Å². The van der Waals surface area contributed by atoms with E-state index >= 15 is 0 Å². The lowest BCUT2D eigenvalue weighted by Gasteiger charge is -2.12. The highest BCUT2D eigenvalue weighted by molar-refractivity contribution is 5.43. The lowest BCUT2D eigenvalue weighted by molar-refractivity contribution is 0.292. The van der Waals surface area contributed by atoms with Crippen LogP contribution in [0.5, 0.6) is 5.75 Å². The first-order chi connectivity index (χ1) is 6.70. The summed E-state index contributed by atoms with van der Waals surface area (Å²) in [5.41, 5.74) is 2.74. The molecule has 0 heterocycles. The molecule has 78 valence electrons. The molecule has 0 aliphatic rings. The number of aliphatic hydroxyl groups is 2. The van der Waals surface area contributed by atoms with Crippen molar-refractivity contribution in [2.75, 3.05) is 13.2 Å². The van der Waals surface area contributed by atoms with Crippen LogP contribution in [0.15, 0.2) is 12.1 Å². The fraction of sp³-hybridized carbons (Fsp3) is 0.455. The second-order valence-corrected chi connectivity index (χ2v) is 3.29. The summed E-state index contributed by atoms with van der Waals surface area (Å²) in [6, 6.07) is 3.42. The fourth-order valence-corrected chi connectivity index (χ4v) is 1.62. The molecular formula is C11H16O3. The normalized spacial score (nSPS) is 10.5. The Balaban J connectivity index is 3.08. The molecule has 0 saturated heterocycles. The minimum absolute atomic E-state index is 0.0583. The van der Waals surface area contributed by atoms with Crippen LogP contribution in [0.4, 0.5) is 0 Å². The number of benzene rings is 1. The molecule has 0 amide bonds. The van der Waals surface area contributed by atoms with Gasteiger partial charge in [-0.05, 0) is 42.5 Å². The molecule has 1 rings (SSSR count).